The molecule has 0 spiro atoms. The van der Waals surface area contributed by atoms with Crippen LogP contribution >= 0.6 is 0 Å². The molecule has 0 aliphatic heterocycles. The highest BCUT2D eigenvalue weighted by atomic mass is 19.3. The van der Waals surface area contributed by atoms with Crippen molar-refractivity contribution < 1.29 is 18.8 Å². The molecule has 0 aliphatic carbocycles. The first-order valence-corrected chi connectivity index (χ1v) is 3.54. The van der Waals surface area contributed by atoms with Gasteiger partial charge in [0.05, 0.1) is 5.56 Å². The third-order valence-corrected chi connectivity index (χ3v) is 1.54. The van der Waals surface area contributed by atoms with E-state index >= 15 is 0 Å². The third-order valence-electron chi connectivity index (χ3n) is 1.54. The second-order valence-electron chi connectivity index (χ2n) is 2.44. The molecule has 0 amide bonds. The van der Waals surface area contributed by atoms with Crippen molar-refractivity contribution >= 4 is 5.82 Å². The number of pyridine rings is 1. The molecule has 0 saturated carbocycles. The molecule has 1 heterocycles. The molecule has 6 nitrogen and oxygen atoms in total. The third kappa shape index (κ3) is 1.96. The van der Waals surface area contributed by atoms with Gasteiger partial charge in [-0.25, -0.2) is 8.78 Å². The summed E-state index contributed by atoms with van der Waals surface area (Å²) in [6, 6.07) is 1.72. The van der Waals surface area contributed by atoms with Crippen LogP contribution in [0.4, 0.5) is 14.6 Å². The lowest BCUT2D eigenvalue weighted by molar-refractivity contribution is -0.389. The van der Waals surface area contributed by atoms with Gasteiger partial charge in [0.25, 0.3) is 12.1 Å². The van der Waals surface area contributed by atoms with Crippen molar-refractivity contribution in [2.45, 2.75) is 6.43 Å². The molecule has 0 aliphatic rings. The summed E-state index contributed by atoms with van der Waals surface area (Å²) in [5.41, 5.74) is -1.77. The highest BCUT2D eigenvalue weighted by Crippen LogP contribution is 2.32. The summed E-state index contributed by atoms with van der Waals surface area (Å²) in [5, 5.41) is 27.7. The molecule has 0 bridgehead atoms. The van der Waals surface area contributed by atoms with Gasteiger partial charge < -0.3 is 15.2 Å². The van der Waals surface area contributed by atoms with Crippen LogP contribution < -0.4 is 0 Å². The van der Waals surface area contributed by atoms with Crippen molar-refractivity contribution in [3.63, 3.8) is 0 Å². The zero-order chi connectivity index (χ0) is 11.6. The molecule has 1 aromatic heterocycles. The van der Waals surface area contributed by atoms with Gasteiger partial charge in [-0.1, -0.05) is 0 Å². The summed E-state index contributed by atoms with van der Waals surface area (Å²) in [7, 11) is 0. The van der Waals surface area contributed by atoms with Crippen molar-refractivity contribution in [2.24, 2.45) is 0 Å². The van der Waals surface area contributed by atoms with Gasteiger partial charge in [-0.3, -0.25) is 0 Å². The molecule has 8 heteroatoms. The standard InChI is InChI=1S/C7H3F2N3O3/c8-7(9)3-1-5(12(14)15)11-4(2-10)6(3)13/h1,7,13H. The van der Waals surface area contributed by atoms with Crippen LogP contribution in [0.3, 0.4) is 0 Å². The fraction of sp³-hybridized carbons (Fsp3) is 0.143. The Balaban J connectivity index is 3.47. The lowest BCUT2D eigenvalue weighted by atomic mass is 10.2. The molecule has 0 saturated heterocycles. The number of aromatic nitrogens is 1. The largest absolute Gasteiger partial charge is 0.503 e. The number of nitrogens with zero attached hydrogens (tertiary/aromatic N) is 3. The number of aromatic hydroxyl groups is 1. The number of alkyl halides is 2. The average molecular weight is 215 g/mol. The van der Waals surface area contributed by atoms with Crippen molar-refractivity contribution in [2.75, 3.05) is 0 Å². The van der Waals surface area contributed by atoms with Crippen LogP contribution in [0.15, 0.2) is 6.07 Å². The highest BCUT2D eigenvalue weighted by Gasteiger charge is 2.25. The van der Waals surface area contributed by atoms with Crippen LogP contribution in [0.2, 0.25) is 0 Å². The molecule has 1 N–H and O–H groups in total. The van der Waals surface area contributed by atoms with E-state index < -0.39 is 34.2 Å². The van der Waals surface area contributed by atoms with Crippen LogP contribution in [0.1, 0.15) is 17.7 Å². The van der Waals surface area contributed by atoms with Gasteiger partial charge in [0, 0.05) is 6.07 Å². The molecule has 15 heavy (non-hydrogen) atoms. The van der Waals surface area contributed by atoms with Crippen LogP contribution in [0, 0.1) is 21.4 Å². The summed E-state index contributed by atoms with van der Waals surface area (Å²) >= 11 is 0. The minimum atomic E-state index is -3.11. The lowest BCUT2D eigenvalue weighted by Crippen LogP contribution is -1.98. The van der Waals surface area contributed by atoms with Crippen LogP contribution in [0.25, 0.3) is 0 Å². The molecule has 0 radical (unpaired) electrons. The first-order chi connectivity index (χ1) is 6.97. The maximum absolute atomic E-state index is 12.3. The van der Waals surface area contributed by atoms with Gasteiger partial charge >= 0.3 is 5.82 Å². The van der Waals surface area contributed by atoms with E-state index in [1.54, 1.807) is 0 Å². The maximum atomic E-state index is 12.3. The SMILES string of the molecule is N#Cc1nc([N+](=O)[O-])cc(C(F)F)c1O. The molecule has 0 aromatic carbocycles. The van der Waals surface area contributed by atoms with E-state index in [1.807, 2.05) is 0 Å². The number of nitriles is 1. The number of hydrogen-bond donors (Lipinski definition) is 1. The molecule has 1 rings (SSSR count). The number of rotatable bonds is 2. The van der Waals surface area contributed by atoms with Crippen molar-refractivity contribution in [3.8, 4) is 11.8 Å². The minimum absolute atomic E-state index is 0.431. The Kier molecular flexibility index (Phi) is 2.75. The smallest absolute Gasteiger partial charge is 0.365 e. The number of nitro groups is 1. The summed E-state index contributed by atoms with van der Waals surface area (Å²) in [5.74, 6) is -1.93. The van der Waals surface area contributed by atoms with Crippen molar-refractivity contribution in [3.05, 3.63) is 27.4 Å². The van der Waals surface area contributed by atoms with E-state index in [-0.39, 0.29) is 0 Å². The number of halogens is 2. The maximum Gasteiger partial charge on any atom is 0.365 e. The Morgan fingerprint density at radius 2 is 2.27 bits per heavy atom. The van der Waals surface area contributed by atoms with Crippen LogP contribution in [-0.2, 0) is 0 Å². The Bertz CT molecular complexity index is 456. The first kappa shape index (κ1) is 10.8. The quantitative estimate of drug-likeness (QED) is 0.595. The Hall–Kier alpha value is -2.30. The van der Waals surface area contributed by atoms with Crippen molar-refractivity contribution in [1.82, 2.24) is 4.98 Å². The van der Waals surface area contributed by atoms with Gasteiger partial charge in [-0.05, 0) is 9.91 Å². The van der Waals surface area contributed by atoms with E-state index in [0.29, 0.717) is 6.07 Å². The molecular weight excluding hydrogens is 212 g/mol. The molecule has 0 atom stereocenters. The monoisotopic (exact) mass is 215 g/mol. The van der Waals surface area contributed by atoms with E-state index in [4.69, 9.17) is 10.4 Å². The number of hydrogen-bond acceptors (Lipinski definition) is 5. The fourth-order valence-electron chi connectivity index (χ4n) is 0.882. The van der Waals surface area contributed by atoms with E-state index in [0.717, 1.165) is 0 Å². The molecular formula is C7H3F2N3O3. The first-order valence-electron chi connectivity index (χ1n) is 3.54. The molecule has 0 fully saturated rings. The molecule has 1 aromatic rings. The van der Waals surface area contributed by atoms with Crippen LogP contribution in [-0.4, -0.2) is 15.0 Å². The summed E-state index contributed by atoms with van der Waals surface area (Å²) in [4.78, 5) is 12.3. The molecule has 0 unspecified atom stereocenters. The molecule has 78 valence electrons. The summed E-state index contributed by atoms with van der Waals surface area (Å²) in [6.45, 7) is 0. The minimum Gasteiger partial charge on any atom is -0.503 e. The van der Waals surface area contributed by atoms with Gasteiger partial charge in [0.1, 0.15) is 0 Å². The average Bonchev–Trinajstić information content (AvgIpc) is 2.17. The van der Waals surface area contributed by atoms with Crippen LogP contribution in [0.5, 0.6) is 5.75 Å². The normalized spacial score (nSPS) is 10.0. The van der Waals surface area contributed by atoms with E-state index in [9.17, 15) is 18.9 Å². The highest BCUT2D eigenvalue weighted by molar-refractivity contribution is 5.47. The zero-order valence-corrected chi connectivity index (χ0v) is 7.02. The van der Waals surface area contributed by atoms with E-state index in [2.05, 4.69) is 4.98 Å². The lowest BCUT2D eigenvalue weighted by Gasteiger charge is -2.01. The van der Waals surface area contributed by atoms with Gasteiger partial charge in [0.15, 0.2) is 11.8 Å². The van der Waals surface area contributed by atoms with Gasteiger partial charge in [-0.2, -0.15) is 5.26 Å². The second kappa shape index (κ2) is 3.83. The predicted octanol–water partition coefficient (Wildman–Crippen LogP) is 1.50. The van der Waals surface area contributed by atoms with Gasteiger partial charge in [0.2, 0.25) is 0 Å². The Morgan fingerprint density at radius 1 is 1.67 bits per heavy atom. The van der Waals surface area contributed by atoms with Gasteiger partial charge in [-0.15, -0.1) is 0 Å². The Morgan fingerprint density at radius 3 is 2.67 bits per heavy atom. The predicted molar refractivity (Wildman–Crippen MR) is 42.2 cm³/mol. The second-order valence-corrected chi connectivity index (χ2v) is 2.44. The van der Waals surface area contributed by atoms with Crippen molar-refractivity contribution in [1.29, 1.82) is 5.26 Å². The Labute approximate surface area is 81.6 Å². The zero-order valence-electron chi connectivity index (χ0n) is 7.02. The van der Waals surface area contributed by atoms with E-state index in [1.165, 1.54) is 6.07 Å². The topological polar surface area (TPSA) is 100 Å². The summed E-state index contributed by atoms with van der Waals surface area (Å²) in [6.07, 6.45) is -3.11. The summed E-state index contributed by atoms with van der Waals surface area (Å²) < 4.78 is 24.5. The fourth-order valence-corrected chi connectivity index (χ4v) is 0.882.